The number of H-pyrrole nitrogens is 1. The molecule has 100 valence electrons. The molecule has 3 N–H and O–H groups in total. The van der Waals surface area contributed by atoms with Crippen LogP contribution in [-0.4, -0.2) is 26.4 Å². The Morgan fingerprint density at radius 2 is 2.15 bits per heavy atom. The van der Waals surface area contributed by atoms with Crippen LogP contribution in [-0.2, 0) is 6.61 Å². The molecule has 0 bridgehead atoms. The van der Waals surface area contributed by atoms with E-state index in [2.05, 4.69) is 15.0 Å². The van der Waals surface area contributed by atoms with Crippen LogP contribution >= 0.6 is 0 Å². The number of nitrogens with one attached hydrogen (secondary N) is 1. The number of aliphatic hydroxyl groups is 1. The van der Waals surface area contributed by atoms with Crippen molar-refractivity contribution in [2.75, 3.05) is 0 Å². The molecule has 0 aliphatic rings. The lowest BCUT2D eigenvalue weighted by Gasteiger charge is -1.97. The summed E-state index contributed by atoms with van der Waals surface area (Å²) in [6, 6.07) is 10.9. The molecule has 0 atom stereocenters. The third-order valence-corrected chi connectivity index (χ3v) is 3.03. The van der Waals surface area contributed by atoms with E-state index in [0.717, 1.165) is 10.9 Å². The molecule has 0 amide bonds. The molecule has 0 saturated carbocycles. The average Bonchev–Trinajstić information content (AvgIpc) is 2.81. The minimum atomic E-state index is -0.0222. The minimum absolute atomic E-state index is 0.0222. The van der Waals surface area contributed by atoms with Gasteiger partial charge in [-0.05, 0) is 29.8 Å². The minimum Gasteiger partial charge on any atom is -0.494 e. The molecule has 0 radical (unpaired) electrons. The van der Waals surface area contributed by atoms with Crippen LogP contribution < -0.4 is 0 Å². The molecule has 5 heteroatoms. The first kappa shape index (κ1) is 12.4. The summed E-state index contributed by atoms with van der Waals surface area (Å²) in [6.07, 6.45) is 3.25. The van der Waals surface area contributed by atoms with E-state index in [0.29, 0.717) is 16.9 Å². The first-order valence-corrected chi connectivity index (χ1v) is 6.17. The van der Waals surface area contributed by atoms with Gasteiger partial charge in [0.2, 0.25) is 0 Å². The summed E-state index contributed by atoms with van der Waals surface area (Å²) >= 11 is 0. The fraction of sp³-hybridized carbons (Fsp3) is 0.0667. The summed E-state index contributed by atoms with van der Waals surface area (Å²) in [5, 5.41) is 19.8. The summed E-state index contributed by atoms with van der Waals surface area (Å²) in [5.41, 5.74) is 2.73. The molecule has 0 unspecified atom stereocenters. The predicted octanol–water partition coefficient (Wildman–Crippen LogP) is 2.51. The fourth-order valence-corrected chi connectivity index (χ4v) is 2.03. The van der Waals surface area contributed by atoms with Crippen LogP contribution in [0, 0.1) is 0 Å². The highest BCUT2D eigenvalue weighted by atomic mass is 16.3. The van der Waals surface area contributed by atoms with Crippen LogP contribution in [0.5, 0.6) is 5.88 Å². The maximum Gasteiger partial charge on any atom is 0.199 e. The first-order valence-electron chi connectivity index (χ1n) is 6.17. The molecule has 5 nitrogen and oxygen atoms in total. The van der Waals surface area contributed by atoms with Crippen molar-refractivity contribution in [3.05, 3.63) is 53.7 Å². The van der Waals surface area contributed by atoms with Crippen molar-refractivity contribution in [3.63, 3.8) is 0 Å². The van der Waals surface area contributed by atoms with Gasteiger partial charge in [-0.1, -0.05) is 12.1 Å². The van der Waals surface area contributed by atoms with E-state index in [9.17, 15) is 5.11 Å². The lowest BCUT2D eigenvalue weighted by atomic mass is 10.2. The Morgan fingerprint density at radius 3 is 3.00 bits per heavy atom. The molecule has 3 aromatic rings. The summed E-state index contributed by atoms with van der Waals surface area (Å²) in [5.74, 6) is 0.0424. The molecule has 2 heterocycles. The summed E-state index contributed by atoms with van der Waals surface area (Å²) < 4.78 is 0. The van der Waals surface area contributed by atoms with Gasteiger partial charge in [-0.25, -0.2) is 4.98 Å². The Bertz CT molecular complexity index is 778. The van der Waals surface area contributed by atoms with E-state index in [1.54, 1.807) is 24.5 Å². The molecule has 20 heavy (non-hydrogen) atoms. The van der Waals surface area contributed by atoms with E-state index in [1.807, 2.05) is 24.3 Å². The molecule has 2 aromatic heterocycles. The van der Waals surface area contributed by atoms with Gasteiger partial charge >= 0.3 is 0 Å². The number of aromatic nitrogens is 2. The molecule has 3 rings (SSSR count). The van der Waals surface area contributed by atoms with Gasteiger partial charge < -0.3 is 15.2 Å². The largest absolute Gasteiger partial charge is 0.494 e. The number of aromatic amines is 1. The van der Waals surface area contributed by atoms with Crippen LogP contribution in [0.2, 0.25) is 0 Å². The highest BCUT2D eigenvalue weighted by Gasteiger charge is 2.08. The second-order valence-corrected chi connectivity index (χ2v) is 4.37. The van der Waals surface area contributed by atoms with Crippen LogP contribution in [0.25, 0.3) is 11.0 Å². The van der Waals surface area contributed by atoms with Gasteiger partial charge in [-0.15, -0.1) is 0 Å². The zero-order valence-electron chi connectivity index (χ0n) is 10.6. The number of hydrogen-bond donors (Lipinski definition) is 3. The van der Waals surface area contributed by atoms with Crippen molar-refractivity contribution in [1.29, 1.82) is 0 Å². The lowest BCUT2D eigenvalue weighted by molar-refractivity contribution is 0.282. The summed E-state index contributed by atoms with van der Waals surface area (Å²) in [4.78, 5) is 11.3. The lowest BCUT2D eigenvalue weighted by Crippen LogP contribution is -1.82. The Labute approximate surface area is 115 Å². The molecule has 1 aromatic carbocycles. The quantitative estimate of drug-likeness (QED) is 0.638. The molecule has 0 fully saturated rings. The van der Waals surface area contributed by atoms with Crippen molar-refractivity contribution in [1.82, 2.24) is 9.97 Å². The van der Waals surface area contributed by atoms with E-state index in [1.165, 1.54) is 0 Å². The van der Waals surface area contributed by atoms with E-state index < -0.39 is 0 Å². The van der Waals surface area contributed by atoms with Crippen LogP contribution in [0.15, 0.2) is 47.6 Å². The monoisotopic (exact) mass is 267 g/mol. The van der Waals surface area contributed by atoms with E-state index >= 15 is 0 Å². The van der Waals surface area contributed by atoms with Gasteiger partial charge in [-0.2, -0.15) is 0 Å². The van der Waals surface area contributed by atoms with Crippen LogP contribution in [0.3, 0.4) is 0 Å². The van der Waals surface area contributed by atoms with Gasteiger partial charge in [0.15, 0.2) is 5.88 Å². The first-order chi connectivity index (χ1) is 9.78. The maximum atomic E-state index is 9.89. The number of rotatable bonds is 3. The van der Waals surface area contributed by atoms with E-state index in [-0.39, 0.29) is 12.5 Å². The van der Waals surface area contributed by atoms with Gasteiger partial charge in [-0.3, -0.25) is 4.99 Å². The van der Waals surface area contributed by atoms with Crippen molar-refractivity contribution in [3.8, 4) is 5.88 Å². The number of pyridine rings is 1. The standard InChI is InChI=1S/C15H13N3O2/c19-9-10-3-1-4-11(7-10)17-8-13-12-5-2-6-16-14(12)18-15(13)20/h1-8,19-20H,9H2,(H,16,18). The van der Waals surface area contributed by atoms with Gasteiger partial charge in [0.25, 0.3) is 0 Å². The Balaban J connectivity index is 2.00. The zero-order chi connectivity index (χ0) is 13.9. The number of aliphatic imine (C=N–C) groups is 1. The smallest absolute Gasteiger partial charge is 0.199 e. The maximum absolute atomic E-state index is 9.89. The highest BCUT2D eigenvalue weighted by molar-refractivity contribution is 6.01. The number of fused-ring (bicyclic) bond motifs is 1. The summed E-state index contributed by atoms with van der Waals surface area (Å²) in [6.45, 7) is -0.0222. The molecular weight excluding hydrogens is 254 g/mol. The number of hydrogen-bond acceptors (Lipinski definition) is 4. The van der Waals surface area contributed by atoms with Gasteiger partial charge in [0, 0.05) is 17.8 Å². The Hall–Kier alpha value is -2.66. The molecule has 0 aliphatic heterocycles. The summed E-state index contributed by atoms with van der Waals surface area (Å²) in [7, 11) is 0. The molecular formula is C15H13N3O2. The Kier molecular flexibility index (Phi) is 3.18. The normalized spacial score (nSPS) is 11.4. The van der Waals surface area contributed by atoms with E-state index in [4.69, 9.17) is 5.11 Å². The topological polar surface area (TPSA) is 81.5 Å². The number of aromatic hydroxyl groups is 1. The molecule has 0 spiro atoms. The zero-order valence-corrected chi connectivity index (χ0v) is 10.6. The predicted molar refractivity (Wildman–Crippen MR) is 77.4 cm³/mol. The number of nitrogens with zero attached hydrogens (tertiary/aromatic N) is 2. The molecule has 0 saturated heterocycles. The average molecular weight is 267 g/mol. The molecule has 0 aliphatic carbocycles. The number of aliphatic hydroxyl groups excluding tert-OH is 1. The Morgan fingerprint density at radius 1 is 1.25 bits per heavy atom. The SMILES string of the molecule is OCc1cccc(N=Cc2c(O)[nH]c3ncccc23)c1. The highest BCUT2D eigenvalue weighted by Crippen LogP contribution is 2.24. The van der Waals surface area contributed by atoms with Gasteiger partial charge in [0.1, 0.15) is 5.65 Å². The van der Waals surface area contributed by atoms with Crippen LogP contribution in [0.1, 0.15) is 11.1 Å². The van der Waals surface area contributed by atoms with Crippen molar-refractivity contribution < 1.29 is 10.2 Å². The van der Waals surface area contributed by atoms with Crippen molar-refractivity contribution in [2.45, 2.75) is 6.61 Å². The van der Waals surface area contributed by atoms with Crippen LogP contribution in [0.4, 0.5) is 5.69 Å². The van der Waals surface area contributed by atoms with Crippen molar-refractivity contribution in [2.24, 2.45) is 4.99 Å². The fourth-order valence-electron chi connectivity index (χ4n) is 2.03. The van der Waals surface area contributed by atoms with Gasteiger partial charge in [0.05, 0.1) is 17.9 Å². The third-order valence-electron chi connectivity index (χ3n) is 3.03. The second-order valence-electron chi connectivity index (χ2n) is 4.37. The second kappa shape index (κ2) is 5.14. The van der Waals surface area contributed by atoms with Crippen molar-refractivity contribution >= 4 is 22.9 Å². The number of benzene rings is 1. The third kappa shape index (κ3) is 2.26.